The molecule has 0 bridgehead atoms. The lowest BCUT2D eigenvalue weighted by molar-refractivity contribution is -0.155. The van der Waals surface area contributed by atoms with Crippen molar-refractivity contribution in [2.45, 2.75) is 46.4 Å². The van der Waals surface area contributed by atoms with E-state index >= 15 is 0 Å². The van der Waals surface area contributed by atoms with Crippen LogP contribution < -0.4 is 0 Å². The number of hydrogen-bond acceptors (Lipinski definition) is 13. The fourth-order valence-corrected chi connectivity index (χ4v) is 3.52. The Morgan fingerprint density at radius 3 is 1.41 bits per heavy atom. The first-order valence-corrected chi connectivity index (χ1v) is 12.0. The minimum absolute atomic E-state index is 0.0341. The van der Waals surface area contributed by atoms with Crippen LogP contribution in [0.5, 0.6) is 0 Å². The van der Waals surface area contributed by atoms with E-state index in [-0.39, 0.29) is 107 Å². The molecule has 0 spiro atoms. The van der Waals surface area contributed by atoms with Crippen molar-refractivity contribution in [3.63, 3.8) is 0 Å². The predicted octanol–water partition coefficient (Wildman–Crippen LogP) is 2.09. The van der Waals surface area contributed by atoms with Gasteiger partial charge in [-0.3, -0.25) is 14.4 Å². The predicted molar refractivity (Wildman–Crippen MR) is 138 cm³/mol. The topological polar surface area (TPSA) is 144 Å². The van der Waals surface area contributed by atoms with Crippen molar-refractivity contribution in [1.82, 2.24) is 0 Å². The van der Waals surface area contributed by atoms with E-state index in [4.69, 9.17) is 55.6 Å². The fraction of sp³-hybridized carbons (Fsp3) is 0.885. The van der Waals surface area contributed by atoms with Crippen LogP contribution in [0.15, 0.2) is 0 Å². The third-order valence-corrected chi connectivity index (χ3v) is 5.61. The maximum atomic E-state index is 11.9. The van der Waals surface area contributed by atoms with E-state index in [9.17, 15) is 14.4 Å². The van der Waals surface area contributed by atoms with Gasteiger partial charge in [-0.15, -0.1) is 0 Å². The summed E-state index contributed by atoms with van der Waals surface area (Å²) in [7, 11) is -0.848. The SMILES string of the molecule is [3H]COCOCCC(CCOCOC[3H])(COCOC[3H])COCC(CCOC(=O)C[3H])(CCOC(=O)C[3H])COC(=O)C[3H]. The molecule has 0 aromatic rings. The van der Waals surface area contributed by atoms with Gasteiger partial charge >= 0.3 is 17.9 Å². The summed E-state index contributed by atoms with van der Waals surface area (Å²) in [4.78, 5) is 35.2. The van der Waals surface area contributed by atoms with Crippen LogP contribution in [0.25, 0.3) is 0 Å². The average Bonchev–Trinajstić information content (AvgIpc) is 3.05. The van der Waals surface area contributed by atoms with Crippen molar-refractivity contribution in [3.8, 4) is 0 Å². The van der Waals surface area contributed by atoms with Crippen molar-refractivity contribution in [1.29, 1.82) is 0 Å². The number of methoxy groups -OCH3 is 3. The number of ether oxygens (including phenoxy) is 10. The molecule has 0 rings (SSSR count). The summed E-state index contributed by atoms with van der Waals surface area (Å²) in [6, 6.07) is 0. The van der Waals surface area contributed by atoms with Crippen molar-refractivity contribution >= 4 is 17.9 Å². The van der Waals surface area contributed by atoms with Crippen LogP contribution in [0.3, 0.4) is 0 Å². The Hall–Kier alpha value is -1.87. The standard InChI is InChI=1S/C26H48O13/c1-22(27)37-13-9-26(18-39-24(3)29,10-14-38-23(2)28)16-35-15-25(17-36-21-32-6,7-11-33-19-30-4)8-12-34-20-31-5/h7-21H2,1-6H3/i1T,2T,3T,4T,5T,6T. The van der Waals surface area contributed by atoms with Crippen LogP contribution in [0, 0.1) is 10.8 Å². The van der Waals surface area contributed by atoms with Crippen LogP contribution in [0.2, 0.25) is 0 Å². The molecule has 13 heteroatoms. The van der Waals surface area contributed by atoms with Gasteiger partial charge in [-0.2, -0.15) is 0 Å². The summed E-state index contributed by atoms with van der Waals surface area (Å²) in [5.74, 6) is -2.33. The summed E-state index contributed by atoms with van der Waals surface area (Å²) < 4.78 is 96.2. The third kappa shape index (κ3) is 19.8. The molecule has 13 nitrogen and oxygen atoms in total. The summed E-state index contributed by atoms with van der Waals surface area (Å²) in [5.41, 5.74) is -1.83. The molecule has 0 N–H and O–H groups in total. The number of carbonyl (C=O) groups is 3. The minimum atomic E-state index is -1.06. The second-order valence-corrected chi connectivity index (χ2v) is 8.73. The highest BCUT2D eigenvalue weighted by atomic mass is 16.7. The molecular weight excluding hydrogens is 520 g/mol. The number of carbonyl (C=O) groups excluding carboxylic acids is 3. The Bertz CT molecular complexity index is 733. The second kappa shape index (κ2) is 22.9. The van der Waals surface area contributed by atoms with E-state index in [1.165, 1.54) is 0 Å². The van der Waals surface area contributed by atoms with Crippen LogP contribution in [0.1, 0.15) is 54.6 Å². The van der Waals surface area contributed by atoms with Gasteiger partial charge in [0.25, 0.3) is 0 Å². The largest absolute Gasteiger partial charge is 0.466 e. The molecule has 0 aliphatic carbocycles. The molecule has 0 atom stereocenters. The summed E-state index contributed by atoms with van der Waals surface area (Å²) in [6.07, 6.45) is 0.900. The molecule has 39 heavy (non-hydrogen) atoms. The molecule has 0 saturated heterocycles. The van der Waals surface area contributed by atoms with E-state index in [2.05, 4.69) is 0 Å². The molecular formula is C26H48O13. The summed E-state index contributed by atoms with van der Waals surface area (Å²) in [5, 5.41) is 0. The molecule has 230 valence electrons. The van der Waals surface area contributed by atoms with Crippen LogP contribution in [-0.2, 0) is 61.8 Å². The van der Waals surface area contributed by atoms with E-state index in [1.54, 1.807) is 0 Å². The van der Waals surface area contributed by atoms with Crippen molar-refractivity contribution in [2.75, 3.05) is 94.5 Å². The Balaban J connectivity index is 6.01. The maximum Gasteiger partial charge on any atom is 0.302 e. The van der Waals surface area contributed by atoms with Crippen LogP contribution in [0.4, 0.5) is 0 Å². The zero-order chi connectivity index (χ0) is 33.7. The highest BCUT2D eigenvalue weighted by Crippen LogP contribution is 2.33. The Labute approximate surface area is 240 Å². The lowest BCUT2D eigenvalue weighted by Gasteiger charge is -2.37. The van der Waals surface area contributed by atoms with E-state index in [0.29, 0.717) is 12.8 Å². The Morgan fingerprint density at radius 1 is 0.513 bits per heavy atom. The van der Waals surface area contributed by atoms with E-state index in [0.717, 1.165) is 0 Å². The Morgan fingerprint density at radius 2 is 0.923 bits per heavy atom. The Kier molecular flexibility index (Phi) is 16.0. The second-order valence-electron chi connectivity index (χ2n) is 8.73. The molecule has 0 aromatic heterocycles. The maximum absolute atomic E-state index is 11.9. The lowest BCUT2D eigenvalue weighted by atomic mass is 9.81. The molecule has 0 aromatic carbocycles. The number of hydrogen-bond donors (Lipinski definition) is 0. The number of esters is 3. The minimum Gasteiger partial charge on any atom is -0.466 e. The van der Waals surface area contributed by atoms with Gasteiger partial charge in [0.15, 0.2) is 0 Å². The van der Waals surface area contributed by atoms with Gasteiger partial charge in [0.2, 0.25) is 0 Å². The first-order valence-electron chi connectivity index (χ1n) is 16.3. The molecule has 0 heterocycles. The summed E-state index contributed by atoms with van der Waals surface area (Å²) in [6.45, 7) is -2.34. The number of rotatable bonds is 26. The molecule has 0 amide bonds. The van der Waals surface area contributed by atoms with Crippen molar-refractivity contribution in [2.24, 2.45) is 10.8 Å². The highest BCUT2D eigenvalue weighted by molar-refractivity contribution is 5.66. The lowest BCUT2D eigenvalue weighted by Crippen LogP contribution is -2.40. The zero-order valence-corrected chi connectivity index (χ0v) is 22.7. The normalized spacial score (nSPS) is 13.8. The van der Waals surface area contributed by atoms with Gasteiger partial charge < -0.3 is 47.4 Å². The summed E-state index contributed by atoms with van der Waals surface area (Å²) >= 11 is 0. The smallest absolute Gasteiger partial charge is 0.302 e. The molecule has 0 aliphatic heterocycles. The fourth-order valence-electron chi connectivity index (χ4n) is 3.52. The van der Waals surface area contributed by atoms with Crippen molar-refractivity contribution in [3.05, 3.63) is 0 Å². The van der Waals surface area contributed by atoms with Gasteiger partial charge in [-0.05, 0) is 25.7 Å². The van der Waals surface area contributed by atoms with E-state index in [1.807, 2.05) is 0 Å². The van der Waals surface area contributed by atoms with Crippen LogP contribution in [-0.4, -0.2) is 112 Å². The van der Waals surface area contributed by atoms with Gasteiger partial charge in [0.1, 0.15) is 20.4 Å². The molecule has 0 unspecified atom stereocenters. The highest BCUT2D eigenvalue weighted by Gasteiger charge is 2.36. The van der Waals surface area contributed by atoms with Crippen LogP contribution >= 0.6 is 0 Å². The molecule has 0 aliphatic rings. The zero-order valence-electron chi connectivity index (χ0n) is 28.7. The monoisotopic (exact) mass is 580 g/mol. The first-order chi connectivity index (χ1) is 21.8. The van der Waals surface area contributed by atoms with Gasteiger partial charge in [-0.1, -0.05) is 0 Å². The van der Waals surface area contributed by atoms with E-state index < -0.39 is 49.4 Å². The molecule has 0 fully saturated rings. The first kappa shape index (κ1) is 27.3. The van der Waals surface area contributed by atoms with Crippen molar-refractivity contribution < 1.29 is 70.0 Å². The molecule has 0 saturated carbocycles. The molecule has 0 radical (unpaired) electrons. The average molecular weight is 581 g/mol. The third-order valence-electron chi connectivity index (χ3n) is 5.61. The van der Waals surface area contributed by atoms with Gasteiger partial charge in [0.05, 0.1) is 57.0 Å². The van der Waals surface area contributed by atoms with Gasteiger partial charge in [0, 0.05) is 56.9 Å². The quantitative estimate of drug-likeness (QED) is 0.0638. The van der Waals surface area contributed by atoms with Gasteiger partial charge in [-0.25, -0.2) is 0 Å².